The molecule has 1 saturated heterocycles. The zero-order chi connectivity index (χ0) is 19.6. The molecule has 5 nitrogen and oxygen atoms in total. The highest BCUT2D eigenvalue weighted by molar-refractivity contribution is 6.01. The van der Waals surface area contributed by atoms with Gasteiger partial charge in [-0.25, -0.2) is 0 Å². The van der Waals surface area contributed by atoms with Crippen LogP contribution in [0.1, 0.15) is 73.8 Å². The minimum absolute atomic E-state index is 0.00434. The Morgan fingerprint density at radius 3 is 2.52 bits per heavy atom. The van der Waals surface area contributed by atoms with Crippen molar-refractivity contribution >= 4 is 11.7 Å². The molecule has 2 aliphatic rings. The number of amides is 1. The third kappa shape index (κ3) is 4.45. The SMILES string of the molecule is CCCn1c(C)c(CC(=O)NCCN2CCCC2)c2c1CC(C)(C)CC2=O. The zero-order valence-electron chi connectivity index (χ0n) is 17.5. The highest BCUT2D eigenvalue weighted by Crippen LogP contribution is 2.38. The predicted molar refractivity (Wildman–Crippen MR) is 108 cm³/mol. The molecule has 1 aliphatic heterocycles. The Balaban J connectivity index is 1.74. The lowest BCUT2D eigenvalue weighted by atomic mass is 9.75. The minimum atomic E-state index is -0.00434. The van der Waals surface area contributed by atoms with Crippen LogP contribution in [0.15, 0.2) is 0 Å². The fourth-order valence-electron chi connectivity index (χ4n) is 4.73. The maximum absolute atomic E-state index is 12.9. The number of nitrogens with zero attached hydrogens (tertiary/aromatic N) is 2. The van der Waals surface area contributed by atoms with Gasteiger partial charge in [-0.15, -0.1) is 0 Å². The summed E-state index contributed by atoms with van der Waals surface area (Å²) in [6.07, 6.45) is 5.35. The number of hydrogen-bond donors (Lipinski definition) is 1. The van der Waals surface area contributed by atoms with Gasteiger partial charge in [0.05, 0.1) is 6.42 Å². The lowest BCUT2D eigenvalue weighted by molar-refractivity contribution is -0.120. The van der Waals surface area contributed by atoms with Crippen LogP contribution in [0.25, 0.3) is 0 Å². The van der Waals surface area contributed by atoms with Crippen LogP contribution in [0, 0.1) is 12.3 Å². The van der Waals surface area contributed by atoms with Crippen molar-refractivity contribution in [3.05, 3.63) is 22.5 Å². The van der Waals surface area contributed by atoms with Gasteiger partial charge in [-0.05, 0) is 56.7 Å². The zero-order valence-corrected chi connectivity index (χ0v) is 17.5. The first kappa shape index (κ1) is 20.1. The smallest absolute Gasteiger partial charge is 0.224 e. The highest BCUT2D eigenvalue weighted by Gasteiger charge is 2.36. The quantitative estimate of drug-likeness (QED) is 0.799. The van der Waals surface area contributed by atoms with E-state index in [0.29, 0.717) is 19.4 Å². The summed E-state index contributed by atoms with van der Waals surface area (Å²) in [5, 5.41) is 3.06. The fourth-order valence-corrected chi connectivity index (χ4v) is 4.73. The molecule has 1 aliphatic carbocycles. The van der Waals surface area contributed by atoms with Crippen LogP contribution in [-0.4, -0.2) is 47.3 Å². The number of hydrogen-bond acceptors (Lipinski definition) is 3. The summed E-state index contributed by atoms with van der Waals surface area (Å²) in [6, 6.07) is 0. The molecule has 2 heterocycles. The van der Waals surface area contributed by atoms with E-state index < -0.39 is 0 Å². The van der Waals surface area contributed by atoms with Crippen LogP contribution >= 0.6 is 0 Å². The molecule has 0 saturated carbocycles. The average Bonchev–Trinajstić information content (AvgIpc) is 3.17. The number of carbonyl (C=O) groups excluding carboxylic acids is 2. The van der Waals surface area contributed by atoms with Crippen LogP contribution in [-0.2, 0) is 24.2 Å². The fraction of sp³-hybridized carbons (Fsp3) is 0.727. The molecule has 0 atom stereocenters. The van der Waals surface area contributed by atoms with Gasteiger partial charge < -0.3 is 14.8 Å². The van der Waals surface area contributed by atoms with Crippen molar-refractivity contribution in [3.8, 4) is 0 Å². The number of rotatable bonds is 7. The Bertz CT molecular complexity index is 712. The van der Waals surface area contributed by atoms with E-state index in [1.54, 1.807) is 0 Å². The summed E-state index contributed by atoms with van der Waals surface area (Å²) < 4.78 is 2.29. The average molecular weight is 374 g/mol. The number of likely N-dealkylation sites (tertiary alicyclic amines) is 1. The molecule has 0 aromatic carbocycles. The Hall–Kier alpha value is -1.62. The molecule has 1 aromatic rings. The summed E-state index contributed by atoms with van der Waals surface area (Å²) in [4.78, 5) is 27.9. The van der Waals surface area contributed by atoms with E-state index in [0.717, 1.165) is 61.5 Å². The van der Waals surface area contributed by atoms with Gasteiger partial charge in [-0.3, -0.25) is 9.59 Å². The van der Waals surface area contributed by atoms with Crippen molar-refractivity contribution in [2.45, 2.75) is 72.8 Å². The summed E-state index contributed by atoms with van der Waals surface area (Å²) in [5.74, 6) is 0.241. The Labute approximate surface area is 163 Å². The molecular weight excluding hydrogens is 338 g/mol. The van der Waals surface area contributed by atoms with Gasteiger partial charge in [-0.1, -0.05) is 20.8 Å². The van der Waals surface area contributed by atoms with Crippen molar-refractivity contribution in [2.75, 3.05) is 26.2 Å². The largest absolute Gasteiger partial charge is 0.355 e. The maximum Gasteiger partial charge on any atom is 0.224 e. The van der Waals surface area contributed by atoms with Crippen LogP contribution in [0.4, 0.5) is 0 Å². The van der Waals surface area contributed by atoms with Gasteiger partial charge in [0, 0.05) is 43.0 Å². The Morgan fingerprint density at radius 1 is 1.15 bits per heavy atom. The predicted octanol–water partition coefficient (Wildman–Crippen LogP) is 3.12. The van der Waals surface area contributed by atoms with Gasteiger partial charge in [0.15, 0.2) is 5.78 Å². The van der Waals surface area contributed by atoms with E-state index in [-0.39, 0.29) is 17.1 Å². The van der Waals surface area contributed by atoms with E-state index >= 15 is 0 Å². The molecule has 0 spiro atoms. The Kier molecular flexibility index (Phi) is 6.09. The first-order chi connectivity index (χ1) is 12.8. The number of fused-ring (bicyclic) bond motifs is 1. The molecule has 0 bridgehead atoms. The van der Waals surface area contributed by atoms with Crippen molar-refractivity contribution in [2.24, 2.45) is 5.41 Å². The minimum Gasteiger partial charge on any atom is -0.355 e. The molecule has 27 heavy (non-hydrogen) atoms. The molecule has 150 valence electrons. The van der Waals surface area contributed by atoms with E-state index in [4.69, 9.17) is 0 Å². The molecule has 5 heteroatoms. The van der Waals surface area contributed by atoms with Gasteiger partial charge in [0.1, 0.15) is 0 Å². The summed E-state index contributed by atoms with van der Waals surface area (Å²) in [7, 11) is 0. The maximum atomic E-state index is 12.9. The topological polar surface area (TPSA) is 54.3 Å². The summed E-state index contributed by atoms with van der Waals surface area (Å²) in [6.45, 7) is 13.4. The van der Waals surface area contributed by atoms with E-state index in [1.165, 1.54) is 12.8 Å². The standard InChI is InChI=1S/C22H35N3O2/c1-5-9-25-16(2)17(21-18(25)14-22(3,4)15-19(21)26)13-20(27)23-8-12-24-10-6-7-11-24/h5-15H2,1-4H3,(H,23,27). The van der Waals surface area contributed by atoms with Crippen molar-refractivity contribution in [1.29, 1.82) is 0 Å². The number of Topliss-reactive ketones (excluding diaryl/α,β-unsaturated/α-hetero) is 1. The number of aromatic nitrogens is 1. The second kappa shape index (κ2) is 8.17. The van der Waals surface area contributed by atoms with Crippen LogP contribution in [0.3, 0.4) is 0 Å². The number of nitrogens with one attached hydrogen (secondary N) is 1. The normalized spacial score (nSPS) is 19.3. The monoisotopic (exact) mass is 373 g/mol. The van der Waals surface area contributed by atoms with Crippen molar-refractivity contribution < 1.29 is 9.59 Å². The van der Waals surface area contributed by atoms with Gasteiger partial charge in [0.25, 0.3) is 0 Å². The molecule has 0 radical (unpaired) electrons. The molecule has 1 aromatic heterocycles. The molecule has 1 amide bonds. The molecule has 1 fully saturated rings. The second-order valence-electron chi connectivity index (χ2n) is 9.05. The molecule has 3 rings (SSSR count). The highest BCUT2D eigenvalue weighted by atomic mass is 16.1. The van der Waals surface area contributed by atoms with Crippen LogP contribution < -0.4 is 5.32 Å². The van der Waals surface area contributed by atoms with Gasteiger partial charge in [-0.2, -0.15) is 0 Å². The van der Waals surface area contributed by atoms with Gasteiger partial charge in [0.2, 0.25) is 5.91 Å². The molecular formula is C22H35N3O2. The van der Waals surface area contributed by atoms with Crippen molar-refractivity contribution in [3.63, 3.8) is 0 Å². The first-order valence-corrected chi connectivity index (χ1v) is 10.6. The van der Waals surface area contributed by atoms with E-state index in [1.807, 2.05) is 0 Å². The van der Waals surface area contributed by atoms with E-state index in [9.17, 15) is 9.59 Å². The third-order valence-electron chi connectivity index (χ3n) is 6.06. The lowest BCUT2D eigenvalue weighted by Gasteiger charge is -2.30. The third-order valence-corrected chi connectivity index (χ3v) is 6.06. The Morgan fingerprint density at radius 2 is 1.85 bits per heavy atom. The summed E-state index contributed by atoms with van der Waals surface area (Å²) >= 11 is 0. The molecule has 0 unspecified atom stereocenters. The lowest BCUT2D eigenvalue weighted by Crippen LogP contribution is -2.34. The van der Waals surface area contributed by atoms with E-state index in [2.05, 4.69) is 42.5 Å². The van der Waals surface area contributed by atoms with Crippen LogP contribution in [0.2, 0.25) is 0 Å². The number of ketones is 1. The molecule has 1 N–H and O–H groups in total. The first-order valence-electron chi connectivity index (χ1n) is 10.6. The number of carbonyl (C=O) groups is 2. The van der Waals surface area contributed by atoms with Crippen LogP contribution in [0.5, 0.6) is 0 Å². The summed E-state index contributed by atoms with van der Waals surface area (Å²) in [5.41, 5.74) is 4.04. The van der Waals surface area contributed by atoms with Crippen molar-refractivity contribution in [1.82, 2.24) is 14.8 Å². The second-order valence-corrected chi connectivity index (χ2v) is 9.05. The van der Waals surface area contributed by atoms with Gasteiger partial charge >= 0.3 is 0 Å².